The number of hydrogen-bond acceptors (Lipinski definition) is 15. The second kappa shape index (κ2) is 31.6. The summed E-state index contributed by atoms with van der Waals surface area (Å²) in [6.45, 7) is 2.37. The Bertz CT molecular complexity index is 1160. The van der Waals surface area contributed by atoms with Gasteiger partial charge in [-0.25, -0.2) is 0 Å². The number of aliphatic hydroxyl groups excluding tert-OH is 7. The van der Waals surface area contributed by atoms with E-state index >= 15 is 0 Å². The Balaban J connectivity index is 1.85. The topological polar surface area (TPSA) is 231 Å². The van der Waals surface area contributed by atoms with E-state index in [1.165, 1.54) is 6.42 Å². The standard InChI is InChI=1S/C43H74O15/c1-3-5-7-9-11-12-13-14-15-16-17-18-20-21-23-25-34(45)53-28-31(56-35(46)26-24-22-19-10-8-6-4-2)29-54-42-41(52)39(50)37(48)33(58-42)30-55-43-40(51)38(49)36(47)32(27-44)57-43/h5,7,11-12,14-15,31-33,36-44,47-52H,3-4,6,8-10,13,16-30H2,1-2H3/b7-5+,12-11+,15-14+/t31-,32-,33-,36+,37+,38?,39?,40?,41?,42-,43-/m1/s1. The number of hydrogen-bond donors (Lipinski definition) is 7. The summed E-state index contributed by atoms with van der Waals surface area (Å²) in [6.07, 6.45) is 12.2. The first-order valence-electron chi connectivity index (χ1n) is 21.6. The van der Waals surface area contributed by atoms with Crippen molar-refractivity contribution in [1.29, 1.82) is 0 Å². The van der Waals surface area contributed by atoms with Gasteiger partial charge in [0.1, 0.15) is 55.4 Å². The molecule has 7 N–H and O–H groups in total. The van der Waals surface area contributed by atoms with Crippen LogP contribution in [-0.4, -0.2) is 142 Å². The molecule has 0 aromatic heterocycles. The van der Waals surface area contributed by atoms with Crippen LogP contribution in [0.2, 0.25) is 0 Å². The van der Waals surface area contributed by atoms with Gasteiger partial charge in [-0.2, -0.15) is 0 Å². The zero-order valence-corrected chi connectivity index (χ0v) is 34.8. The van der Waals surface area contributed by atoms with Crippen molar-refractivity contribution in [2.24, 2.45) is 0 Å². The first-order valence-corrected chi connectivity index (χ1v) is 21.6. The Kier molecular flexibility index (Phi) is 28.2. The Morgan fingerprint density at radius 3 is 1.71 bits per heavy atom. The maximum atomic E-state index is 12.8. The zero-order chi connectivity index (χ0) is 42.5. The molecule has 0 saturated carbocycles. The molecule has 0 aromatic rings. The SMILES string of the molecule is CC/C=C/C/C=C/C/C=C/CCCCCCCC(=O)OC[C@H](CO[C@@H]1O[C@H](CO[C@@H]2O[C@H](CO)[C@H](O)C(O)C2O)[C@H](O)C(O)C1O)OC(=O)CCCCCCCCC. The van der Waals surface area contributed by atoms with Crippen LogP contribution in [0.1, 0.15) is 129 Å². The third kappa shape index (κ3) is 20.8. The molecule has 0 radical (unpaired) electrons. The molecule has 15 heteroatoms. The van der Waals surface area contributed by atoms with E-state index in [0.717, 1.165) is 83.5 Å². The lowest BCUT2D eigenvalue weighted by Gasteiger charge is -2.42. The molecule has 0 aliphatic carbocycles. The fourth-order valence-corrected chi connectivity index (χ4v) is 6.52. The number of rotatable bonds is 31. The minimum atomic E-state index is -1.76. The molecule has 0 aromatic carbocycles. The van der Waals surface area contributed by atoms with Crippen LogP contribution in [-0.2, 0) is 38.0 Å². The summed E-state index contributed by atoms with van der Waals surface area (Å²) < 4.78 is 33.3. The van der Waals surface area contributed by atoms with Crippen LogP contribution in [0.5, 0.6) is 0 Å². The summed E-state index contributed by atoms with van der Waals surface area (Å²) in [6, 6.07) is 0. The largest absolute Gasteiger partial charge is 0.462 e. The van der Waals surface area contributed by atoms with Gasteiger partial charge in [0.2, 0.25) is 0 Å². The number of esters is 2. The maximum Gasteiger partial charge on any atom is 0.306 e. The molecule has 15 nitrogen and oxygen atoms in total. The molecule has 336 valence electrons. The molecule has 58 heavy (non-hydrogen) atoms. The maximum absolute atomic E-state index is 12.8. The highest BCUT2D eigenvalue weighted by Crippen LogP contribution is 2.26. The predicted molar refractivity (Wildman–Crippen MR) is 215 cm³/mol. The smallest absolute Gasteiger partial charge is 0.306 e. The minimum Gasteiger partial charge on any atom is -0.462 e. The van der Waals surface area contributed by atoms with E-state index in [-0.39, 0.29) is 26.1 Å². The van der Waals surface area contributed by atoms with E-state index in [0.29, 0.717) is 12.8 Å². The van der Waals surface area contributed by atoms with Crippen LogP contribution < -0.4 is 0 Å². The second-order valence-electron chi connectivity index (χ2n) is 15.1. The number of carbonyl (C=O) groups excluding carboxylic acids is 2. The van der Waals surface area contributed by atoms with Gasteiger partial charge in [0, 0.05) is 12.8 Å². The molecule has 2 aliphatic rings. The average Bonchev–Trinajstić information content (AvgIpc) is 3.21. The Morgan fingerprint density at radius 1 is 0.569 bits per heavy atom. The van der Waals surface area contributed by atoms with Gasteiger partial charge in [-0.05, 0) is 44.9 Å². The minimum absolute atomic E-state index is 0.160. The van der Waals surface area contributed by atoms with E-state index in [4.69, 9.17) is 28.4 Å². The first-order chi connectivity index (χ1) is 28.0. The van der Waals surface area contributed by atoms with Crippen LogP contribution in [0.15, 0.2) is 36.5 Å². The molecule has 2 fully saturated rings. The Morgan fingerprint density at radius 2 is 1.09 bits per heavy atom. The van der Waals surface area contributed by atoms with E-state index in [1.54, 1.807) is 0 Å². The molecule has 4 unspecified atom stereocenters. The van der Waals surface area contributed by atoms with Crippen molar-refractivity contribution < 1.29 is 73.8 Å². The Hall–Kier alpha value is -2.28. The summed E-state index contributed by atoms with van der Waals surface area (Å²) in [5.41, 5.74) is 0. The molecule has 2 heterocycles. The number of ether oxygens (including phenoxy) is 6. The van der Waals surface area contributed by atoms with Crippen molar-refractivity contribution in [2.75, 3.05) is 26.4 Å². The number of carbonyl (C=O) groups is 2. The molecular formula is C43H74O15. The fourth-order valence-electron chi connectivity index (χ4n) is 6.52. The van der Waals surface area contributed by atoms with Crippen LogP contribution >= 0.6 is 0 Å². The molecule has 0 amide bonds. The van der Waals surface area contributed by atoms with Crippen molar-refractivity contribution in [3.05, 3.63) is 36.5 Å². The van der Waals surface area contributed by atoms with E-state index < -0.39 is 92.7 Å². The van der Waals surface area contributed by atoms with Crippen molar-refractivity contribution in [2.45, 2.75) is 197 Å². The molecular weight excluding hydrogens is 756 g/mol. The average molecular weight is 831 g/mol. The van der Waals surface area contributed by atoms with Gasteiger partial charge in [0.25, 0.3) is 0 Å². The van der Waals surface area contributed by atoms with E-state index in [1.807, 2.05) is 0 Å². The normalized spacial score (nSPS) is 28.4. The third-order valence-corrected chi connectivity index (χ3v) is 10.1. The van der Waals surface area contributed by atoms with Crippen LogP contribution in [0.25, 0.3) is 0 Å². The van der Waals surface area contributed by atoms with Crippen molar-refractivity contribution in [1.82, 2.24) is 0 Å². The van der Waals surface area contributed by atoms with Gasteiger partial charge in [-0.3, -0.25) is 9.59 Å². The second-order valence-corrected chi connectivity index (χ2v) is 15.1. The van der Waals surface area contributed by atoms with Gasteiger partial charge in [0.05, 0.1) is 19.8 Å². The van der Waals surface area contributed by atoms with Crippen molar-refractivity contribution in [3.8, 4) is 0 Å². The fraction of sp³-hybridized carbons (Fsp3) is 0.814. The van der Waals surface area contributed by atoms with Gasteiger partial charge in [-0.1, -0.05) is 108 Å². The highest BCUT2D eigenvalue weighted by Gasteiger charge is 2.47. The highest BCUT2D eigenvalue weighted by atomic mass is 16.7. The lowest BCUT2D eigenvalue weighted by molar-refractivity contribution is -0.332. The van der Waals surface area contributed by atoms with Gasteiger partial charge in [0.15, 0.2) is 18.7 Å². The van der Waals surface area contributed by atoms with Gasteiger partial charge >= 0.3 is 11.9 Å². The van der Waals surface area contributed by atoms with Crippen molar-refractivity contribution in [3.63, 3.8) is 0 Å². The summed E-state index contributed by atoms with van der Waals surface area (Å²) in [4.78, 5) is 25.4. The van der Waals surface area contributed by atoms with Crippen molar-refractivity contribution >= 4 is 11.9 Å². The predicted octanol–water partition coefficient (Wildman–Crippen LogP) is 3.81. The van der Waals surface area contributed by atoms with Crippen LogP contribution in [0, 0.1) is 0 Å². The van der Waals surface area contributed by atoms with Gasteiger partial charge < -0.3 is 64.2 Å². The number of allylic oxidation sites excluding steroid dienone is 6. The zero-order valence-electron chi connectivity index (χ0n) is 34.8. The summed E-state index contributed by atoms with van der Waals surface area (Å²) in [7, 11) is 0. The molecule has 11 atom stereocenters. The first kappa shape index (κ1) is 51.9. The number of unbranched alkanes of at least 4 members (excludes halogenated alkanes) is 11. The molecule has 2 aliphatic heterocycles. The lowest BCUT2D eigenvalue weighted by atomic mass is 9.98. The molecule has 2 rings (SSSR count). The number of aliphatic hydroxyl groups is 7. The third-order valence-electron chi connectivity index (χ3n) is 10.1. The van der Waals surface area contributed by atoms with E-state index in [2.05, 4.69) is 50.3 Å². The Labute approximate surface area is 345 Å². The lowest BCUT2D eigenvalue weighted by Crippen LogP contribution is -2.61. The summed E-state index contributed by atoms with van der Waals surface area (Å²) in [5.74, 6) is -0.956. The van der Waals surface area contributed by atoms with E-state index in [9.17, 15) is 45.3 Å². The van der Waals surface area contributed by atoms with Crippen LogP contribution in [0.3, 0.4) is 0 Å². The summed E-state index contributed by atoms with van der Waals surface area (Å²) >= 11 is 0. The molecule has 2 saturated heterocycles. The quantitative estimate of drug-likeness (QED) is 0.0299. The van der Waals surface area contributed by atoms with Crippen LogP contribution in [0.4, 0.5) is 0 Å². The molecule has 0 spiro atoms. The van der Waals surface area contributed by atoms with Gasteiger partial charge in [-0.15, -0.1) is 0 Å². The highest BCUT2D eigenvalue weighted by molar-refractivity contribution is 5.70. The molecule has 0 bridgehead atoms. The summed E-state index contributed by atoms with van der Waals surface area (Å²) in [5, 5.41) is 71.6. The monoisotopic (exact) mass is 831 g/mol.